The summed E-state index contributed by atoms with van der Waals surface area (Å²) in [4.78, 5) is 0. The number of aliphatic hydroxyl groups is 1. The van der Waals surface area contributed by atoms with Crippen LogP contribution in [0.4, 0.5) is 4.39 Å². The molecule has 0 saturated heterocycles. The molecule has 0 aliphatic carbocycles. The molecule has 2 unspecified atom stereocenters. The normalized spacial score (nSPS) is 14.7. The molecule has 0 bridgehead atoms. The van der Waals surface area contributed by atoms with Gasteiger partial charge in [0.15, 0.2) is 0 Å². The van der Waals surface area contributed by atoms with Crippen LogP contribution in [0.25, 0.3) is 0 Å². The lowest BCUT2D eigenvalue weighted by Gasteiger charge is -2.17. The summed E-state index contributed by atoms with van der Waals surface area (Å²) in [6, 6.07) is 4.31. The Morgan fingerprint density at radius 2 is 2.07 bits per heavy atom. The van der Waals surface area contributed by atoms with Crippen molar-refractivity contribution in [2.24, 2.45) is 5.73 Å². The maximum Gasteiger partial charge on any atom is 0.127 e. The van der Waals surface area contributed by atoms with E-state index in [9.17, 15) is 9.50 Å². The number of ether oxygens (including phenoxy) is 1. The predicted octanol–water partition coefficient (Wildman–Crippen LogP) is 1.43. The first-order valence-corrected chi connectivity index (χ1v) is 4.87. The molecule has 3 nitrogen and oxygen atoms in total. The lowest BCUT2D eigenvalue weighted by molar-refractivity contribution is 0.0602. The van der Waals surface area contributed by atoms with Gasteiger partial charge in [0.2, 0.25) is 0 Å². The molecule has 3 N–H and O–H groups in total. The Labute approximate surface area is 88.7 Å². The van der Waals surface area contributed by atoms with E-state index >= 15 is 0 Å². The lowest BCUT2D eigenvalue weighted by atomic mass is 10.2. The molecule has 0 amide bonds. The average Bonchev–Trinajstić information content (AvgIpc) is 2.16. The number of hydrogen-bond acceptors (Lipinski definition) is 3. The van der Waals surface area contributed by atoms with Crippen molar-refractivity contribution in [2.75, 3.05) is 0 Å². The first-order chi connectivity index (χ1) is 7.02. The number of rotatable bonds is 4. The second-order valence-corrected chi connectivity index (χ2v) is 3.56. The highest BCUT2D eigenvalue weighted by Gasteiger charge is 2.11. The molecule has 1 rings (SSSR count). The van der Waals surface area contributed by atoms with Gasteiger partial charge in [-0.3, -0.25) is 0 Å². The number of nitrogens with two attached hydrogens (primary N) is 1. The number of hydrogen-bond donors (Lipinski definition) is 2. The van der Waals surface area contributed by atoms with Gasteiger partial charge in [-0.2, -0.15) is 0 Å². The van der Waals surface area contributed by atoms with Crippen LogP contribution in [0.1, 0.15) is 19.4 Å². The Hall–Kier alpha value is -1.13. The van der Waals surface area contributed by atoms with E-state index in [1.807, 2.05) is 0 Å². The van der Waals surface area contributed by atoms with Gasteiger partial charge in [0.05, 0.1) is 6.10 Å². The molecular formula is C11H16FNO2. The van der Waals surface area contributed by atoms with E-state index in [0.717, 1.165) is 0 Å². The molecule has 0 saturated carbocycles. The van der Waals surface area contributed by atoms with E-state index in [1.54, 1.807) is 19.9 Å². The quantitative estimate of drug-likeness (QED) is 0.795. The molecule has 0 fully saturated rings. The van der Waals surface area contributed by atoms with E-state index in [4.69, 9.17) is 10.5 Å². The molecule has 15 heavy (non-hydrogen) atoms. The van der Waals surface area contributed by atoms with Gasteiger partial charge in [-0.25, -0.2) is 4.39 Å². The van der Waals surface area contributed by atoms with Gasteiger partial charge < -0.3 is 15.6 Å². The maximum absolute atomic E-state index is 13.1. The largest absolute Gasteiger partial charge is 0.488 e. The van der Waals surface area contributed by atoms with Crippen molar-refractivity contribution in [2.45, 2.75) is 32.6 Å². The molecule has 1 aromatic carbocycles. The van der Waals surface area contributed by atoms with Crippen molar-refractivity contribution in [1.82, 2.24) is 0 Å². The van der Waals surface area contributed by atoms with Gasteiger partial charge >= 0.3 is 0 Å². The minimum atomic E-state index is -0.602. The van der Waals surface area contributed by atoms with E-state index < -0.39 is 6.10 Å². The van der Waals surface area contributed by atoms with Crippen molar-refractivity contribution < 1.29 is 14.2 Å². The minimum absolute atomic E-state index is 0.261. The summed E-state index contributed by atoms with van der Waals surface area (Å²) >= 11 is 0. The molecule has 4 heteroatoms. The monoisotopic (exact) mass is 213 g/mol. The summed E-state index contributed by atoms with van der Waals surface area (Å²) in [6.45, 7) is 3.60. The van der Waals surface area contributed by atoms with Crippen LogP contribution in [-0.4, -0.2) is 17.3 Å². The van der Waals surface area contributed by atoms with E-state index in [0.29, 0.717) is 11.3 Å². The van der Waals surface area contributed by atoms with Crippen LogP contribution in [0, 0.1) is 5.82 Å². The fourth-order valence-corrected chi connectivity index (χ4v) is 1.12. The Balaban J connectivity index is 2.80. The van der Waals surface area contributed by atoms with Crippen LogP contribution in [0.3, 0.4) is 0 Å². The van der Waals surface area contributed by atoms with Crippen molar-refractivity contribution in [3.8, 4) is 5.75 Å². The summed E-state index contributed by atoms with van der Waals surface area (Å²) < 4.78 is 18.4. The standard InChI is InChI=1S/C11H16FNO2/c1-7(14)8(2)15-11-4-9(6-13)3-10(12)5-11/h3-5,7-8,14H,6,13H2,1-2H3. The van der Waals surface area contributed by atoms with Crippen LogP contribution in [0.2, 0.25) is 0 Å². The second-order valence-electron chi connectivity index (χ2n) is 3.56. The first-order valence-electron chi connectivity index (χ1n) is 4.87. The van der Waals surface area contributed by atoms with E-state index in [2.05, 4.69) is 0 Å². The number of halogens is 1. The average molecular weight is 213 g/mol. The zero-order chi connectivity index (χ0) is 11.4. The van der Waals surface area contributed by atoms with Crippen LogP contribution >= 0.6 is 0 Å². The second kappa shape index (κ2) is 5.09. The third-order valence-electron chi connectivity index (χ3n) is 2.17. The minimum Gasteiger partial charge on any atom is -0.488 e. The molecule has 2 atom stereocenters. The molecule has 84 valence electrons. The molecular weight excluding hydrogens is 197 g/mol. The van der Waals surface area contributed by atoms with Gasteiger partial charge in [0, 0.05) is 12.6 Å². The Bertz CT molecular complexity index is 328. The summed E-state index contributed by atoms with van der Waals surface area (Å²) in [5.41, 5.74) is 6.08. The first kappa shape index (κ1) is 11.9. The molecule has 1 aromatic rings. The van der Waals surface area contributed by atoms with Crippen LogP contribution in [0.15, 0.2) is 18.2 Å². The summed E-state index contributed by atoms with van der Waals surface area (Å²) in [5.74, 6) is 0.00888. The molecule has 0 aliphatic rings. The van der Waals surface area contributed by atoms with Crippen molar-refractivity contribution in [3.63, 3.8) is 0 Å². The topological polar surface area (TPSA) is 55.5 Å². The summed E-state index contributed by atoms with van der Waals surface area (Å²) in [7, 11) is 0. The van der Waals surface area contributed by atoms with Crippen molar-refractivity contribution in [3.05, 3.63) is 29.6 Å². The van der Waals surface area contributed by atoms with Gasteiger partial charge in [0.25, 0.3) is 0 Å². The fraction of sp³-hybridized carbons (Fsp3) is 0.455. The Morgan fingerprint density at radius 1 is 1.40 bits per heavy atom. The molecule has 0 radical (unpaired) electrons. The zero-order valence-electron chi connectivity index (χ0n) is 8.90. The van der Waals surface area contributed by atoms with Gasteiger partial charge in [-0.15, -0.1) is 0 Å². The van der Waals surface area contributed by atoms with E-state index in [1.165, 1.54) is 12.1 Å². The van der Waals surface area contributed by atoms with Gasteiger partial charge in [0.1, 0.15) is 17.7 Å². The highest BCUT2D eigenvalue weighted by atomic mass is 19.1. The van der Waals surface area contributed by atoms with Gasteiger partial charge in [-0.05, 0) is 31.5 Å². The molecule has 0 heterocycles. The summed E-state index contributed by atoms with van der Waals surface area (Å²) in [5, 5.41) is 9.23. The van der Waals surface area contributed by atoms with Crippen LogP contribution in [0.5, 0.6) is 5.75 Å². The molecule has 0 aromatic heterocycles. The number of aliphatic hydroxyl groups excluding tert-OH is 1. The fourth-order valence-electron chi connectivity index (χ4n) is 1.12. The summed E-state index contributed by atoms with van der Waals surface area (Å²) in [6.07, 6.45) is -0.980. The molecule has 0 spiro atoms. The highest BCUT2D eigenvalue weighted by molar-refractivity contribution is 5.29. The van der Waals surface area contributed by atoms with Crippen LogP contribution < -0.4 is 10.5 Å². The third-order valence-corrected chi connectivity index (χ3v) is 2.17. The van der Waals surface area contributed by atoms with Crippen molar-refractivity contribution >= 4 is 0 Å². The highest BCUT2D eigenvalue weighted by Crippen LogP contribution is 2.18. The third kappa shape index (κ3) is 3.49. The lowest BCUT2D eigenvalue weighted by Crippen LogP contribution is -2.25. The smallest absolute Gasteiger partial charge is 0.127 e. The number of benzene rings is 1. The SMILES string of the molecule is CC(O)C(C)Oc1cc(F)cc(CN)c1. The zero-order valence-corrected chi connectivity index (χ0v) is 8.90. The predicted molar refractivity (Wildman–Crippen MR) is 56.1 cm³/mol. The Kier molecular flexibility index (Phi) is 4.05. The van der Waals surface area contributed by atoms with E-state index in [-0.39, 0.29) is 18.5 Å². The van der Waals surface area contributed by atoms with Gasteiger partial charge in [-0.1, -0.05) is 0 Å². The Morgan fingerprint density at radius 3 is 2.60 bits per heavy atom. The maximum atomic E-state index is 13.1. The van der Waals surface area contributed by atoms with Crippen molar-refractivity contribution in [1.29, 1.82) is 0 Å². The van der Waals surface area contributed by atoms with Crippen LogP contribution in [-0.2, 0) is 6.54 Å². The molecule has 0 aliphatic heterocycles.